The van der Waals surface area contributed by atoms with Crippen molar-refractivity contribution in [2.45, 2.75) is 10.6 Å². The highest BCUT2D eigenvalue weighted by molar-refractivity contribution is 7.98. The van der Waals surface area contributed by atoms with E-state index in [9.17, 15) is 0 Å². The molecule has 0 spiro atoms. The van der Waals surface area contributed by atoms with Gasteiger partial charge in [0, 0.05) is 16.2 Å². The van der Waals surface area contributed by atoms with Gasteiger partial charge in [0.2, 0.25) is 0 Å². The van der Waals surface area contributed by atoms with Crippen molar-refractivity contribution >= 4 is 17.5 Å². The molecule has 19 heavy (non-hydrogen) atoms. The second-order valence-corrected chi connectivity index (χ2v) is 4.85. The Bertz CT molecular complexity index is 618. The van der Waals surface area contributed by atoms with Crippen molar-refractivity contribution in [3.8, 4) is 6.07 Å². The summed E-state index contributed by atoms with van der Waals surface area (Å²) in [5.41, 5.74) is 1.91. The van der Waals surface area contributed by atoms with Crippen molar-refractivity contribution < 1.29 is 5.21 Å². The van der Waals surface area contributed by atoms with E-state index in [4.69, 9.17) is 10.5 Å². The lowest BCUT2D eigenvalue weighted by Gasteiger charge is -2.06. The van der Waals surface area contributed by atoms with Gasteiger partial charge in [-0.25, -0.2) is 0 Å². The van der Waals surface area contributed by atoms with E-state index in [1.54, 1.807) is 17.8 Å². The molecule has 0 bridgehead atoms. The zero-order valence-electron chi connectivity index (χ0n) is 10.2. The third-order valence-corrected chi connectivity index (χ3v) is 3.73. The smallest absolute Gasteiger partial charge is 0.187 e. The molecule has 0 amide bonds. The maximum atomic E-state index is 8.94. The van der Waals surface area contributed by atoms with Crippen LogP contribution >= 0.6 is 11.8 Å². The van der Waals surface area contributed by atoms with Gasteiger partial charge in [-0.2, -0.15) is 5.26 Å². The molecule has 0 aliphatic rings. The molecule has 2 rings (SSSR count). The van der Waals surface area contributed by atoms with Gasteiger partial charge in [0.1, 0.15) is 6.07 Å². The summed E-state index contributed by atoms with van der Waals surface area (Å²) < 4.78 is 0. The van der Waals surface area contributed by atoms with Gasteiger partial charge in [0.05, 0.1) is 0 Å². The molecular formula is C15H12N2OS. The highest BCUT2D eigenvalue weighted by atomic mass is 32.2. The maximum absolute atomic E-state index is 8.94. The van der Waals surface area contributed by atoms with E-state index in [0.717, 1.165) is 10.6 Å². The molecule has 1 N–H and O–H groups in total. The zero-order chi connectivity index (χ0) is 13.5. The van der Waals surface area contributed by atoms with Gasteiger partial charge in [0.15, 0.2) is 5.71 Å². The van der Waals surface area contributed by atoms with E-state index in [1.165, 1.54) is 5.56 Å². The number of benzene rings is 2. The fourth-order valence-electron chi connectivity index (χ4n) is 1.66. The SMILES string of the molecule is N#CC(=NO)c1ccccc1SCc1ccccc1. The fraction of sp³-hybridized carbons (Fsp3) is 0.0667. The van der Waals surface area contributed by atoms with Crippen molar-refractivity contribution in [1.29, 1.82) is 5.26 Å². The number of oxime groups is 1. The number of nitriles is 1. The second-order valence-electron chi connectivity index (χ2n) is 3.83. The van der Waals surface area contributed by atoms with Gasteiger partial charge in [-0.15, -0.1) is 11.8 Å². The summed E-state index contributed by atoms with van der Waals surface area (Å²) in [6.07, 6.45) is 0. The molecule has 0 fully saturated rings. The summed E-state index contributed by atoms with van der Waals surface area (Å²) in [6, 6.07) is 19.4. The molecule has 0 atom stereocenters. The van der Waals surface area contributed by atoms with Crippen LogP contribution in [0.25, 0.3) is 0 Å². The minimum Gasteiger partial charge on any atom is -0.410 e. The molecule has 4 heteroatoms. The van der Waals surface area contributed by atoms with Crippen LogP contribution in [0, 0.1) is 11.3 Å². The number of hydrogen-bond acceptors (Lipinski definition) is 4. The van der Waals surface area contributed by atoms with Crippen LogP contribution in [0.2, 0.25) is 0 Å². The Hall–Kier alpha value is -2.25. The van der Waals surface area contributed by atoms with E-state index in [2.05, 4.69) is 17.3 Å². The summed E-state index contributed by atoms with van der Waals surface area (Å²) in [5.74, 6) is 0.808. The quantitative estimate of drug-likeness (QED) is 0.398. The first-order chi connectivity index (χ1) is 9.35. The van der Waals surface area contributed by atoms with E-state index in [0.29, 0.717) is 5.56 Å². The lowest BCUT2D eigenvalue weighted by atomic mass is 10.1. The molecule has 0 unspecified atom stereocenters. The second kappa shape index (κ2) is 6.62. The third kappa shape index (κ3) is 3.36. The maximum Gasteiger partial charge on any atom is 0.187 e. The topological polar surface area (TPSA) is 56.4 Å². The summed E-state index contributed by atoms with van der Waals surface area (Å²) in [7, 11) is 0. The van der Waals surface area contributed by atoms with E-state index >= 15 is 0 Å². The summed E-state index contributed by atoms with van der Waals surface area (Å²) in [5, 5.41) is 20.8. The first-order valence-electron chi connectivity index (χ1n) is 5.73. The van der Waals surface area contributed by atoms with Crippen molar-refractivity contribution in [3.05, 3.63) is 65.7 Å². The number of rotatable bonds is 4. The van der Waals surface area contributed by atoms with E-state index in [-0.39, 0.29) is 5.71 Å². The molecule has 0 aromatic heterocycles. The number of nitrogens with zero attached hydrogens (tertiary/aromatic N) is 2. The van der Waals surface area contributed by atoms with Crippen LogP contribution < -0.4 is 0 Å². The van der Waals surface area contributed by atoms with Gasteiger partial charge in [-0.3, -0.25) is 0 Å². The molecule has 94 valence electrons. The monoisotopic (exact) mass is 268 g/mol. The lowest BCUT2D eigenvalue weighted by Crippen LogP contribution is -1.99. The Labute approximate surface area is 116 Å². The average Bonchev–Trinajstić information content (AvgIpc) is 2.48. The first-order valence-corrected chi connectivity index (χ1v) is 6.72. The van der Waals surface area contributed by atoms with Crippen LogP contribution in [0.1, 0.15) is 11.1 Å². The Kier molecular flexibility index (Phi) is 4.60. The Morgan fingerprint density at radius 1 is 1.11 bits per heavy atom. The molecule has 3 nitrogen and oxygen atoms in total. The van der Waals surface area contributed by atoms with Crippen molar-refractivity contribution in [1.82, 2.24) is 0 Å². The van der Waals surface area contributed by atoms with Crippen molar-refractivity contribution in [3.63, 3.8) is 0 Å². The lowest BCUT2D eigenvalue weighted by molar-refractivity contribution is 0.320. The molecule has 0 saturated heterocycles. The first kappa shape index (κ1) is 13.2. The van der Waals surface area contributed by atoms with E-state index < -0.39 is 0 Å². The van der Waals surface area contributed by atoms with Crippen LogP contribution in [-0.2, 0) is 5.75 Å². The summed E-state index contributed by atoms with van der Waals surface area (Å²) in [6.45, 7) is 0. The highest BCUT2D eigenvalue weighted by Gasteiger charge is 2.09. The fourth-order valence-corrected chi connectivity index (χ4v) is 2.67. The molecule has 2 aromatic rings. The molecule has 0 aliphatic carbocycles. The van der Waals surface area contributed by atoms with Gasteiger partial charge >= 0.3 is 0 Å². The largest absolute Gasteiger partial charge is 0.410 e. The molecule has 0 radical (unpaired) electrons. The van der Waals surface area contributed by atoms with Crippen LogP contribution in [0.5, 0.6) is 0 Å². The average molecular weight is 268 g/mol. The minimum absolute atomic E-state index is 0.0381. The van der Waals surface area contributed by atoms with Crippen molar-refractivity contribution in [2.24, 2.45) is 5.16 Å². The predicted molar refractivity (Wildman–Crippen MR) is 76.4 cm³/mol. The van der Waals surface area contributed by atoms with Crippen molar-refractivity contribution in [2.75, 3.05) is 0 Å². The van der Waals surface area contributed by atoms with Crippen LogP contribution in [0.4, 0.5) is 0 Å². The van der Waals surface area contributed by atoms with Gasteiger partial charge in [-0.1, -0.05) is 53.7 Å². The summed E-state index contributed by atoms with van der Waals surface area (Å²) in [4.78, 5) is 0.931. The standard InChI is InChI=1S/C15H12N2OS/c16-10-14(17-18)13-8-4-5-9-15(13)19-11-12-6-2-1-3-7-12/h1-9,18H,11H2. The minimum atomic E-state index is 0.0381. The van der Waals surface area contributed by atoms with Gasteiger partial charge in [-0.05, 0) is 11.6 Å². The number of hydrogen-bond donors (Lipinski definition) is 1. The Morgan fingerprint density at radius 3 is 2.47 bits per heavy atom. The normalized spacial score (nSPS) is 11.0. The summed E-state index contributed by atoms with van der Waals surface area (Å²) >= 11 is 1.62. The van der Waals surface area contributed by atoms with Gasteiger partial charge < -0.3 is 5.21 Å². The van der Waals surface area contributed by atoms with E-state index in [1.807, 2.05) is 42.5 Å². The Balaban J connectivity index is 2.20. The molecule has 0 saturated carbocycles. The molecular weight excluding hydrogens is 256 g/mol. The molecule has 2 aromatic carbocycles. The molecule has 0 heterocycles. The van der Waals surface area contributed by atoms with Gasteiger partial charge in [0.25, 0.3) is 0 Å². The van der Waals surface area contributed by atoms with Crippen LogP contribution in [-0.4, -0.2) is 10.9 Å². The highest BCUT2D eigenvalue weighted by Crippen LogP contribution is 2.26. The predicted octanol–water partition coefficient (Wildman–Crippen LogP) is 3.68. The molecule has 0 aliphatic heterocycles. The third-order valence-electron chi connectivity index (χ3n) is 2.59. The van der Waals surface area contributed by atoms with Crippen LogP contribution in [0.15, 0.2) is 64.6 Å². The Morgan fingerprint density at radius 2 is 1.79 bits per heavy atom. The number of thioether (sulfide) groups is 1. The zero-order valence-corrected chi connectivity index (χ0v) is 11.0. The van der Waals surface area contributed by atoms with Crippen LogP contribution in [0.3, 0.4) is 0 Å².